The Balaban J connectivity index is 2.07. The highest BCUT2D eigenvalue weighted by Gasteiger charge is 2.17. The molecule has 3 rings (SSSR count). The number of rotatable bonds is 2. The van der Waals surface area contributed by atoms with E-state index >= 15 is 0 Å². The third-order valence-electron chi connectivity index (χ3n) is 3.66. The average molecular weight is 297 g/mol. The molecule has 2 heterocycles. The van der Waals surface area contributed by atoms with E-state index in [0.717, 1.165) is 11.4 Å². The van der Waals surface area contributed by atoms with E-state index < -0.39 is 0 Å². The van der Waals surface area contributed by atoms with Crippen molar-refractivity contribution in [2.24, 2.45) is 7.05 Å². The maximum Gasteiger partial charge on any atom is 0.276 e. The summed E-state index contributed by atoms with van der Waals surface area (Å²) in [6, 6.07) is 6.87. The lowest BCUT2D eigenvalue weighted by molar-refractivity contribution is 0.102. The molecule has 0 radical (unpaired) electrons. The largest absolute Gasteiger partial charge is 0.317 e. The van der Waals surface area contributed by atoms with E-state index in [1.54, 1.807) is 28.9 Å². The summed E-state index contributed by atoms with van der Waals surface area (Å²) in [4.78, 5) is 24.3. The first-order valence-electron chi connectivity index (χ1n) is 6.78. The van der Waals surface area contributed by atoms with Crippen molar-refractivity contribution < 1.29 is 4.79 Å². The van der Waals surface area contributed by atoms with Gasteiger partial charge in [-0.05, 0) is 19.9 Å². The van der Waals surface area contributed by atoms with Gasteiger partial charge in [0.15, 0.2) is 5.69 Å². The molecule has 2 aromatic heterocycles. The zero-order valence-electron chi connectivity index (χ0n) is 12.5. The average Bonchev–Trinajstić information content (AvgIpc) is 2.74. The van der Waals surface area contributed by atoms with Crippen LogP contribution in [0.1, 0.15) is 21.9 Å². The molecule has 0 aliphatic heterocycles. The molecule has 0 bridgehead atoms. The van der Waals surface area contributed by atoms with Crippen LogP contribution in [0.4, 0.5) is 5.69 Å². The molecule has 0 spiro atoms. The highest BCUT2D eigenvalue weighted by Crippen LogP contribution is 2.20. The fourth-order valence-corrected chi connectivity index (χ4v) is 2.42. The van der Waals surface area contributed by atoms with Gasteiger partial charge < -0.3 is 5.32 Å². The van der Waals surface area contributed by atoms with Crippen LogP contribution >= 0.6 is 0 Å². The molecule has 7 nitrogen and oxygen atoms in total. The van der Waals surface area contributed by atoms with Crippen LogP contribution in [0.5, 0.6) is 0 Å². The summed E-state index contributed by atoms with van der Waals surface area (Å²) in [5.74, 6) is -0.383. The Kier molecular flexibility index (Phi) is 3.25. The lowest BCUT2D eigenvalue weighted by Crippen LogP contribution is -2.19. The van der Waals surface area contributed by atoms with E-state index in [1.807, 2.05) is 20.9 Å². The van der Waals surface area contributed by atoms with Crippen molar-refractivity contribution in [3.63, 3.8) is 0 Å². The molecule has 0 saturated carbocycles. The molecule has 0 atom stereocenters. The predicted octanol–water partition coefficient (Wildman–Crippen LogP) is 1.53. The monoisotopic (exact) mass is 297 g/mol. The Labute approximate surface area is 126 Å². The second-order valence-corrected chi connectivity index (χ2v) is 5.07. The molecule has 112 valence electrons. The number of aromatic nitrogens is 4. The van der Waals surface area contributed by atoms with E-state index in [9.17, 15) is 9.59 Å². The minimum absolute atomic E-state index is 0.179. The molecular formula is C15H15N5O2. The van der Waals surface area contributed by atoms with Gasteiger partial charge in [0.2, 0.25) is 0 Å². The van der Waals surface area contributed by atoms with Crippen LogP contribution < -0.4 is 10.9 Å². The minimum Gasteiger partial charge on any atom is -0.317 e. The lowest BCUT2D eigenvalue weighted by Gasteiger charge is -2.07. The predicted molar refractivity (Wildman–Crippen MR) is 83.0 cm³/mol. The molecule has 0 aliphatic carbocycles. The third kappa shape index (κ3) is 2.16. The van der Waals surface area contributed by atoms with Gasteiger partial charge in [-0.1, -0.05) is 18.2 Å². The Hall–Kier alpha value is -2.96. The van der Waals surface area contributed by atoms with Gasteiger partial charge >= 0.3 is 0 Å². The first kappa shape index (κ1) is 14.0. The molecule has 0 fully saturated rings. The van der Waals surface area contributed by atoms with Crippen LogP contribution in [0.25, 0.3) is 10.8 Å². The Morgan fingerprint density at radius 1 is 1.23 bits per heavy atom. The highest BCUT2D eigenvalue weighted by atomic mass is 16.2. The number of nitrogens with one attached hydrogen (secondary N) is 2. The van der Waals surface area contributed by atoms with Gasteiger partial charge in [-0.15, -0.1) is 0 Å². The summed E-state index contributed by atoms with van der Waals surface area (Å²) < 4.78 is 1.70. The standard InChI is InChI=1S/C15H15N5O2/c1-8-12(9(2)20(3)19-8)16-15(22)13-10-6-4-5-7-11(10)14(21)18-17-13/h4-7H,1-3H3,(H,16,22)(H,18,21). The fourth-order valence-electron chi connectivity index (χ4n) is 2.42. The second-order valence-electron chi connectivity index (χ2n) is 5.07. The Morgan fingerprint density at radius 2 is 1.91 bits per heavy atom. The molecule has 0 unspecified atom stereocenters. The lowest BCUT2D eigenvalue weighted by atomic mass is 10.1. The van der Waals surface area contributed by atoms with E-state index in [1.165, 1.54) is 0 Å². The topological polar surface area (TPSA) is 92.7 Å². The van der Waals surface area contributed by atoms with Crippen molar-refractivity contribution in [3.8, 4) is 0 Å². The number of nitrogens with zero attached hydrogens (tertiary/aromatic N) is 3. The van der Waals surface area contributed by atoms with Gasteiger partial charge in [0.1, 0.15) is 0 Å². The van der Waals surface area contributed by atoms with Crippen LogP contribution in [0, 0.1) is 13.8 Å². The molecule has 0 saturated heterocycles. The SMILES string of the molecule is Cc1nn(C)c(C)c1NC(=O)c1n[nH]c(=O)c2ccccc12. The van der Waals surface area contributed by atoms with E-state index in [-0.39, 0.29) is 17.2 Å². The molecule has 22 heavy (non-hydrogen) atoms. The maximum atomic E-state index is 12.5. The van der Waals surface area contributed by atoms with Crippen molar-refractivity contribution in [1.29, 1.82) is 0 Å². The number of fused-ring (bicyclic) bond motifs is 1. The quantitative estimate of drug-likeness (QED) is 0.750. The minimum atomic E-state index is -0.383. The number of aryl methyl sites for hydroxylation is 2. The summed E-state index contributed by atoms with van der Waals surface area (Å²) in [5.41, 5.74) is 2.09. The smallest absolute Gasteiger partial charge is 0.276 e. The van der Waals surface area contributed by atoms with E-state index in [0.29, 0.717) is 16.5 Å². The normalized spacial score (nSPS) is 10.9. The van der Waals surface area contributed by atoms with Gasteiger partial charge in [-0.25, -0.2) is 5.10 Å². The maximum absolute atomic E-state index is 12.5. The number of H-pyrrole nitrogens is 1. The van der Waals surface area contributed by atoms with Crippen LogP contribution in [-0.2, 0) is 7.05 Å². The first-order valence-corrected chi connectivity index (χ1v) is 6.78. The number of benzene rings is 1. The fraction of sp³-hybridized carbons (Fsp3) is 0.200. The number of carbonyl (C=O) groups excluding carboxylic acids is 1. The third-order valence-corrected chi connectivity index (χ3v) is 3.66. The van der Waals surface area contributed by atoms with Gasteiger partial charge in [-0.3, -0.25) is 14.3 Å². The van der Waals surface area contributed by atoms with Crippen LogP contribution in [0.3, 0.4) is 0 Å². The number of amides is 1. The molecule has 1 amide bonds. The summed E-state index contributed by atoms with van der Waals surface area (Å²) >= 11 is 0. The number of anilines is 1. The van der Waals surface area contributed by atoms with E-state index in [4.69, 9.17) is 0 Å². The number of carbonyl (C=O) groups is 1. The highest BCUT2D eigenvalue weighted by molar-refractivity contribution is 6.11. The van der Waals surface area contributed by atoms with Gasteiger partial charge in [0, 0.05) is 12.4 Å². The van der Waals surface area contributed by atoms with Gasteiger partial charge in [0.05, 0.1) is 22.5 Å². The van der Waals surface area contributed by atoms with Crippen molar-refractivity contribution in [2.45, 2.75) is 13.8 Å². The summed E-state index contributed by atoms with van der Waals surface area (Å²) in [6.07, 6.45) is 0. The van der Waals surface area contributed by atoms with Crippen LogP contribution in [-0.4, -0.2) is 25.9 Å². The number of hydrogen-bond acceptors (Lipinski definition) is 4. The number of aromatic amines is 1. The van der Waals surface area contributed by atoms with Crippen molar-refractivity contribution >= 4 is 22.4 Å². The number of hydrogen-bond donors (Lipinski definition) is 2. The zero-order chi connectivity index (χ0) is 15.9. The zero-order valence-corrected chi connectivity index (χ0v) is 12.5. The Morgan fingerprint density at radius 3 is 2.55 bits per heavy atom. The summed E-state index contributed by atoms with van der Waals surface area (Å²) in [5, 5.41) is 14.3. The van der Waals surface area contributed by atoms with Crippen molar-refractivity contribution in [2.75, 3.05) is 5.32 Å². The second kappa shape index (κ2) is 5.10. The molecular weight excluding hydrogens is 282 g/mol. The molecule has 2 N–H and O–H groups in total. The molecule has 7 heteroatoms. The summed E-state index contributed by atoms with van der Waals surface area (Å²) in [6.45, 7) is 3.69. The van der Waals surface area contributed by atoms with E-state index in [2.05, 4.69) is 20.6 Å². The van der Waals surface area contributed by atoms with Crippen molar-refractivity contribution in [3.05, 3.63) is 51.7 Å². The molecule has 0 aliphatic rings. The van der Waals surface area contributed by atoms with Crippen molar-refractivity contribution in [1.82, 2.24) is 20.0 Å². The first-order chi connectivity index (χ1) is 10.5. The van der Waals surface area contributed by atoms with Gasteiger partial charge in [0.25, 0.3) is 11.5 Å². The van der Waals surface area contributed by atoms with Crippen LogP contribution in [0.15, 0.2) is 29.1 Å². The molecule has 1 aromatic carbocycles. The van der Waals surface area contributed by atoms with Gasteiger partial charge in [-0.2, -0.15) is 10.2 Å². The molecule has 3 aromatic rings. The van der Waals surface area contributed by atoms with Crippen LogP contribution in [0.2, 0.25) is 0 Å². The Bertz CT molecular complexity index is 939. The summed E-state index contributed by atoms with van der Waals surface area (Å²) in [7, 11) is 1.81.